The second-order valence-electron chi connectivity index (χ2n) is 9.02. The molecule has 0 spiro atoms. The van der Waals surface area contributed by atoms with Crippen molar-refractivity contribution in [1.82, 2.24) is 20.4 Å². The number of likely N-dealkylation sites (tertiary alicyclic amines) is 1. The monoisotopic (exact) mass is 547 g/mol. The van der Waals surface area contributed by atoms with E-state index in [1.54, 1.807) is 6.26 Å². The van der Waals surface area contributed by atoms with Gasteiger partial charge in [-0.05, 0) is 64.9 Å². The fraction of sp³-hybridized carbons (Fsp3) is 0.783. The van der Waals surface area contributed by atoms with Gasteiger partial charge in [-0.15, -0.1) is 24.0 Å². The van der Waals surface area contributed by atoms with Crippen LogP contribution in [0.25, 0.3) is 0 Å². The van der Waals surface area contributed by atoms with Crippen LogP contribution >= 0.6 is 24.0 Å². The molecule has 0 saturated carbocycles. The topological polar surface area (TPSA) is 65.3 Å². The Kier molecular flexibility index (Phi) is 12.2. The highest BCUT2D eigenvalue weighted by atomic mass is 127. The van der Waals surface area contributed by atoms with Crippen LogP contribution in [0.5, 0.6) is 0 Å². The van der Waals surface area contributed by atoms with Gasteiger partial charge >= 0.3 is 0 Å². The average molecular weight is 548 g/mol. The molecule has 2 saturated heterocycles. The Morgan fingerprint density at radius 2 is 1.81 bits per heavy atom. The van der Waals surface area contributed by atoms with E-state index in [-0.39, 0.29) is 29.5 Å². The van der Waals surface area contributed by atoms with Crippen LogP contribution in [-0.2, 0) is 11.2 Å². The highest BCUT2D eigenvalue weighted by Crippen LogP contribution is 2.20. The Morgan fingerprint density at radius 3 is 2.52 bits per heavy atom. The van der Waals surface area contributed by atoms with Crippen molar-refractivity contribution >= 4 is 29.9 Å². The van der Waals surface area contributed by atoms with Crippen molar-refractivity contribution in [1.29, 1.82) is 0 Å². The number of guanidine groups is 1. The van der Waals surface area contributed by atoms with Crippen molar-refractivity contribution in [2.24, 2.45) is 4.99 Å². The standard InChI is InChI=1S/C23H41N5O2.HI/c1-23(2,28-13-4-3-5-14-28)20-26-22(25-11-9-21-8-6-17-30-21)24-10-7-12-27-15-18-29-19-16-27;/h6,8,17H,3-5,7,9-16,18-20H2,1-2H3,(H2,24,25,26);1H. The molecule has 3 heterocycles. The summed E-state index contributed by atoms with van der Waals surface area (Å²) >= 11 is 0. The summed E-state index contributed by atoms with van der Waals surface area (Å²) in [7, 11) is 0. The molecule has 3 rings (SSSR count). The molecule has 0 atom stereocenters. The first-order valence-corrected chi connectivity index (χ1v) is 11.7. The minimum atomic E-state index is 0. The van der Waals surface area contributed by atoms with Crippen LogP contribution in [0.3, 0.4) is 0 Å². The lowest BCUT2D eigenvalue weighted by Gasteiger charge is -2.40. The van der Waals surface area contributed by atoms with E-state index in [2.05, 4.69) is 34.3 Å². The Bertz CT molecular complexity index is 611. The molecule has 8 heteroatoms. The van der Waals surface area contributed by atoms with E-state index in [1.165, 1.54) is 32.4 Å². The number of morpholine rings is 1. The number of aliphatic imine (C=N–C) groups is 1. The number of ether oxygens (including phenoxy) is 1. The molecular weight excluding hydrogens is 505 g/mol. The fourth-order valence-corrected chi connectivity index (χ4v) is 4.14. The number of halogens is 1. The quantitative estimate of drug-likeness (QED) is 0.203. The van der Waals surface area contributed by atoms with Crippen LogP contribution in [0.15, 0.2) is 27.8 Å². The molecule has 1 aromatic rings. The Hall–Kier alpha value is -0.840. The van der Waals surface area contributed by atoms with Crippen molar-refractivity contribution < 1.29 is 9.15 Å². The van der Waals surface area contributed by atoms with Crippen molar-refractivity contribution in [3.8, 4) is 0 Å². The zero-order chi connectivity index (χ0) is 21.1. The second kappa shape index (κ2) is 14.3. The van der Waals surface area contributed by atoms with Crippen LogP contribution < -0.4 is 10.6 Å². The number of hydrogen-bond acceptors (Lipinski definition) is 5. The molecule has 7 nitrogen and oxygen atoms in total. The van der Waals surface area contributed by atoms with Crippen molar-refractivity contribution in [3.63, 3.8) is 0 Å². The fourth-order valence-electron chi connectivity index (χ4n) is 4.14. The molecule has 0 aliphatic carbocycles. The van der Waals surface area contributed by atoms with E-state index in [1.807, 2.05) is 12.1 Å². The Labute approximate surface area is 205 Å². The average Bonchev–Trinajstić information content (AvgIpc) is 3.29. The van der Waals surface area contributed by atoms with Gasteiger partial charge in [-0.1, -0.05) is 6.42 Å². The van der Waals surface area contributed by atoms with Crippen LogP contribution in [-0.4, -0.2) is 86.9 Å². The van der Waals surface area contributed by atoms with E-state index in [4.69, 9.17) is 14.1 Å². The summed E-state index contributed by atoms with van der Waals surface area (Å²) < 4.78 is 10.9. The van der Waals surface area contributed by atoms with Gasteiger partial charge in [0.1, 0.15) is 5.76 Å². The lowest BCUT2D eigenvalue weighted by atomic mass is 9.99. The predicted molar refractivity (Wildman–Crippen MR) is 138 cm³/mol. The normalized spacial score (nSPS) is 19.1. The van der Waals surface area contributed by atoms with Gasteiger partial charge < -0.3 is 19.8 Å². The van der Waals surface area contributed by atoms with E-state index in [9.17, 15) is 0 Å². The Balaban J connectivity index is 0.00000341. The van der Waals surface area contributed by atoms with Gasteiger partial charge in [0.05, 0.1) is 26.0 Å². The maximum atomic E-state index is 5.45. The third-order valence-electron chi connectivity index (χ3n) is 6.13. The summed E-state index contributed by atoms with van der Waals surface area (Å²) in [5.41, 5.74) is 0.0871. The van der Waals surface area contributed by atoms with Crippen molar-refractivity contribution in [2.45, 2.75) is 51.5 Å². The van der Waals surface area contributed by atoms with Gasteiger partial charge in [0, 0.05) is 38.1 Å². The van der Waals surface area contributed by atoms with Gasteiger partial charge in [-0.3, -0.25) is 14.8 Å². The molecule has 2 N–H and O–H groups in total. The van der Waals surface area contributed by atoms with Gasteiger partial charge in [0.2, 0.25) is 0 Å². The van der Waals surface area contributed by atoms with Crippen LogP contribution in [0, 0.1) is 0 Å². The summed E-state index contributed by atoms with van der Waals surface area (Å²) in [6.45, 7) is 14.5. The van der Waals surface area contributed by atoms with Gasteiger partial charge in [-0.25, -0.2) is 0 Å². The second-order valence-corrected chi connectivity index (χ2v) is 9.02. The first kappa shape index (κ1) is 26.4. The van der Waals surface area contributed by atoms with Crippen molar-refractivity contribution in [2.75, 3.05) is 65.6 Å². The zero-order valence-corrected chi connectivity index (χ0v) is 21.7. The summed E-state index contributed by atoms with van der Waals surface area (Å²) in [4.78, 5) is 10.0. The van der Waals surface area contributed by atoms with Gasteiger partial charge in [0.15, 0.2) is 5.96 Å². The van der Waals surface area contributed by atoms with Crippen molar-refractivity contribution in [3.05, 3.63) is 24.2 Å². The molecule has 2 aliphatic rings. The van der Waals surface area contributed by atoms with Crippen LogP contribution in [0.4, 0.5) is 0 Å². The van der Waals surface area contributed by atoms with E-state index in [0.29, 0.717) is 0 Å². The Morgan fingerprint density at radius 1 is 1.06 bits per heavy atom. The van der Waals surface area contributed by atoms with Crippen LogP contribution in [0.2, 0.25) is 0 Å². The molecule has 178 valence electrons. The number of rotatable bonds is 10. The third-order valence-corrected chi connectivity index (χ3v) is 6.13. The van der Waals surface area contributed by atoms with E-state index in [0.717, 1.165) is 77.0 Å². The number of piperidine rings is 1. The molecular formula is C23H42IN5O2. The largest absolute Gasteiger partial charge is 0.469 e. The molecule has 0 radical (unpaired) electrons. The summed E-state index contributed by atoms with van der Waals surface area (Å²) in [5, 5.41) is 7.05. The first-order chi connectivity index (χ1) is 14.6. The molecule has 0 bridgehead atoms. The molecule has 0 aromatic carbocycles. The predicted octanol–water partition coefficient (Wildman–Crippen LogP) is 2.96. The lowest BCUT2D eigenvalue weighted by molar-refractivity contribution is 0.0376. The first-order valence-electron chi connectivity index (χ1n) is 11.7. The maximum absolute atomic E-state index is 5.45. The summed E-state index contributed by atoms with van der Waals surface area (Å²) in [5.74, 6) is 1.91. The highest BCUT2D eigenvalue weighted by Gasteiger charge is 2.27. The molecule has 2 aliphatic heterocycles. The molecule has 1 aromatic heterocycles. The molecule has 0 unspecified atom stereocenters. The lowest BCUT2D eigenvalue weighted by Crippen LogP contribution is -2.49. The third kappa shape index (κ3) is 9.67. The minimum Gasteiger partial charge on any atom is -0.469 e. The van der Waals surface area contributed by atoms with E-state index < -0.39 is 0 Å². The zero-order valence-electron chi connectivity index (χ0n) is 19.4. The van der Waals surface area contributed by atoms with Gasteiger partial charge in [0.25, 0.3) is 0 Å². The molecule has 2 fully saturated rings. The SMILES string of the molecule is CC(C)(CN=C(NCCCN1CCOCC1)NCCc1ccco1)N1CCCCC1.I. The highest BCUT2D eigenvalue weighted by molar-refractivity contribution is 14.0. The molecule has 0 amide bonds. The number of nitrogens with one attached hydrogen (secondary N) is 2. The number of furan rings is 1. The van der Waals surface area contributed by atoms with Gasteiger partial charge in [-0.2, -0.15) is 0 Å². The maximum Gasteiger partial charge on any atom is 0.191 e. The number of nitrogens with zero attached hydrogens (tertiary/aromatic N) is 3. The van der Waals surface area contributed by atoms with Crippen LogP contribution in [0.1, 0.15) is 45.3 Å². The summed E-state index contributed by atoms with van der Waals surface area (Å²) in [6, 6.07) is 3.96. The van der Waals surface area contributed by atoms with E-state index >= 15 is 0 Å². The molecule has 31 heavy (non-hydrogen) atoms. The smallest absolute Gasteiger partial charge is 0.191 e. The summed E-state index contributed by atoms with van der Waals surface area (Å²) in [6.07, 6.45) is 7.67. The minimum absolute atomic E-state index is 0. The number of hydrogen-bond donors (Lipinski definition) is 2.